The second-order valence-corrected chi connectivity index (χ2v) is 7.35. The molecule has 0 radical (unpaired) electrons. The van der Waals surface area contributed by atoms with Crippen LogP contribution in [0.2, 0.25) is 0 Å². The van der Waals surface area contributed by atoms with Crippen LogP contribution >= 0.6 is 0 Å². The lowest BCUT2D eigenvalue weighted by Crippen LogP contribution is -2.37. The molecule has 1 aromatic heterocycles. The Balaban J connectivity index is 2.34. The smallest absolute Gasteiger partial charge is 0.111 e. The first kappa shape index (κ1) is 14.6. The Bertz CT molecular complexity index is 417. The second-order valence-electron chi connectivity index (χ2n) is 7.35. The molecule has 3 unspecified atom stereocenters. The molecular weight excluding hydrogens is 236 g/mol. The van der Waals surface area contributed by atoms with Crippen molar-refractivity contribution < 1.29 is 5.11 Å². The standard InChI is InChI=1S/C16H28N2O/c1-11(2)15-17-8-9-18(15)14-10-12(19)6-7-13(14)16(3,4)5/h8-9,11-14,19H,6-7,10H2,1-5H3. The molecule has 1 saturated carbocycles. The molecule has 3 heteroatoms. The lowest BCUT2D eigenvalue weighted by atomic mass is 9.68. The van der Waals surface area contributed by atoms with E-state index >= 15 is 0 Å². The van der Waals surface area contributed by atoms with Gasteiger partial charge >= 0.3 is 0 Å². The van der Waals surface area contributed by atoms with Crippen molar-refractivity contribution in [2.24, 2.45) is 11.3 Å². The Hall–Kier alpha value is -0.830. The number of hydrogen-bond acceptors (Lipinski definition) is 2. The van der Waals surface area contributed by atoms with E-state index in [-0.39, 0.29) is 11.5 Å². The van der Waals surface area contributed by atoms with Crippen LogP contribution in [0.3, 0.4) is 0 Å². The van der Waals surface area contributed by atoms with E-state index in [1.54, 1.807) is 0 Å². The lowest BCUT2D eigenvalue weighted by Gasteiger charge is -2.43. The third-order valence-electron chi connectivity index (χ3n) is 4.47. The van der Waals surface area contributed by atoms with Crippen molar-refractivity contribution in [3.05, 3.63) is 18.2 Å². The molecule has 19 heavy (non-hydrogen) atoms. The number of aliphatic hydroxyl groups is 1. The summed E-state index contributed by atoms with van der Waals surface area (Å²) in [5.74, 6) is 2.17. The van der Waals surface area contributed by atoms with Crippen LogP contribution in [-0.4, -0.2) is 20.8 Å². The van der Waals surface area contributed by atoms with E-state index in [1.165, 1.54) is 0 Å². The summed E-state index contributed by atoms with van der Waals surface area (Å²) >= 11 is 0. The highest BCUT2D eigenvalue weighted by molar-refractivity contribution is 5.03. The first-order valence-electron chi connectivity index (χ1n) is 7.51. The van der Waals surface area contributed by atoms with E-state index in [9.17, 15) is 5.11 Å². The van der Waals surface area contributed by atoms with Crippen LogP contribution < -0.4 is 0 Å². The SMILES string of the molecule is CC(C)c1nccn1C1CC(O)CCC1C(C)(C)C. The molecule has 1 N–H and O–H groups in total. The van der Waals surface area contributed by atoms with Crippen LogP contribution in [0.15, 0.2) is 12.4 Å². The van der Waals surface area contributed by atoms with Crippen LogP contribution in [0.4, 0.5) is 0 Å². The number of imidazole rings is 1. The van der Waals surface area contributed by atoms with Crippen molar-refractivity contribution in [1.29, 1.82) is 0 Å². The van der Waals surface area contributed by atoms with Gasteiger partial charge in [-0.1, -0.05) is 34.6 Å². The highest BCUT2D eigenvalue weighted by Gasteiger charge is 2.38. The van der Waals surface area contributed by atoms with Gasteiger partial charge in [0, 0.05) is 24.4 Å². The van der Waals surface area contributed by atoms with Crippen molar-refractivity contribution in [2.75, 3.05) is 0 Å². The minimum Gasteiger partial charge on any atom is -0.393 e. The Morgan fingerprint density at radius 2 is 2.00 bits per heavy atom. The monoisotopic (exact) mass is 264 g/mol. The average Bonchev–Trinajstić information content (AvgIpc) is 2.75. The largest absolute Gasteiger partial charge is 0.393 e. The molecule has 108 valence electrons. The molecule has 1 fully saturated rings. The summed E-state index contributed by atoms with van der Waals surface area (Å²) in [6.07, 6.45) is 6.73. The van der Waals surface area contributed by atoms with Gasteiger partial charge in [-0.05, 0) is 30.6 Å². The molecular formula is C16H28N2O. The van der Waals surface area contributed by atoms with Gasteiger partial charge in [0.1, 0.15) is 5.82 Å². The predicted octanol–water partition coefficient (Wildman–Crippen LogP) is 3.75. The van der Waals surface area contributed by atoms with Gasteiger partial charge in [-0.3, -0.25) is 0 Å². The van der Waals surface area contributed by atoms with Gasteiger partial charge < -0.3 is 9.67 Å². The average molecular weight is 264 g/mol. The van der Waals surface area contributed by atoms with E-state index in [2.05, 4.69) is 50.4 Å². The zero-order chi connectivity index (χ0) is 14.2. The predicted molar refractivity (Wildman–Crippen MR) is 78.2 cm³/mol. The molecule has 0 aromatic carbocycles. The molecule has 0 bridgehead atoms. The number of nitrogens with zero attached hydrogens (tertiary/aromatic N) is 2. The minimum absolute atomic E-state index is 0.161. The number of aromatic nitrogens is 2. The Morgan fingerprint density at radius 3 is 2.58 bits per heavy atom. The van der Waals surface area contributed by atoms with Crippen molar-refractivity contribution >= 4 is 0 Å². The Labute approximate surface area is 117 Å². The highest BCUT2D eigenvalue weighted by atomic mass is 16.3. The van der Waals surface area contributed by atoms with Crippen molar-refractivity contribution in [2.45, 2.75) is 71.9 Å². The molecule has 0 spiro atoms. The quantitative estimate of drug-likeness (QED) is 0.883. The molecule has 3 nitrogen and oxygen atoms in total. The minimum atomic E-state index is -0.161. The van der Waals surface area contributed by atoms with E-state index in [1.807, 2.05) is 6.20 Å². The third kappa shape index (κ3) is 3.02. The van der Waals surface area contributed by atoms with Crippen LogP contribution in [0.5, 0.6) is 0 Å². The number of hydrogen-bond donors (Lipinski definition) is 1. The third-order valence-corrected chi connectivity index (χ3v) is 4.47. The summed E-state index contributed by atoms with van der Waals surface area (Å²) in [6, 6.07) is 0.378. The van der Waals surface area contributed by atoms with Crippen molar-refractivity contribution in [3.63, 3.8) is 0 Å². The molecule has 3 atom stereocenters. The van der Waals surface area contributed by atoms with Gasteiger partial charge in [0.2, 0.25) is 0 Å². The molecule has 1 heterocycles. The maximum Gasteiger partial charge on any atom is 0.111 e. The number of rotatable bonds is 2. The Kier molecular flexibility index (Phi) is 4.05. The summed E-state index contributed by atoms with van der Waals surface area (Å²) in [7, 11) is 0. The normalized spacial score (nSPS) is 28.9. The van der Waals surface area contributed by atoms with Crippen LogP contribution in [-0.2, 0) is 0 Å². The summed E-state index contributed by atoms with van der Waals surface area (Å²) in [6.45, 7) is 11.3. The fourth-order valence-corrected chi connectivity index (χ4v) is 3.50. The fraction of sp³-hybridized carbons (Fsp3) is 0.812. The summed E-state index contributed by atoms with van der Waals surface area (Å²) in [4.78, 5) is 4.51. The maximum atomic E-state index is 10.1. The first-order valence-corrected chi connectivity index (χ1v) is 7.51. The fourth-order valence-electron chi connectivity index (χ4n) is 3.50. The zero-order valence-electron chi connectivity index (χ0n) is 12.9. The van der Waals surface area contributed by atoms with Crippen molar-refractivity contribution in [3.8, 4) is 0 Å². The summed E-state index contributed by atoms with van der Waals surface area (Å²) in [5.41, 5.74) is 0.267. The molecule has 0 saturated heterocycles. The molecule has 1 aliphatic rings. The van der Waals surface area contributed by atoms with Crippen molar-refractivity contribution in [1.82, 2.24) is 9.55 Å². The van der Waals surface area contributed by atoms with Crippen LogP contribution in [0, 0.1) is 11.3 Å². The van der Waals surface area contributed by atoms with Gasteiger partial charge in [0.25, 0.3) is 0 Å². The molecule has 0 amide bonds. The highest BCUT2D eigenvalue weighted by Crippen LogP contribution is 2.45. The van der Waals surface area contributed by atoms with Gasteiger partial charge in [-0.25, -0.2) is 4.98 Å². The van der Waals surface area contributed by atoms with E-state index in [0.717, 1.165) is 25.1 Å². The van der Waals surface area contributed by atoms with Gasteiger partial charge in [0.05, 0.1) is 6.10 Å². The van der Waals surface area contributed by atoms with E-state index in [0.29, 0.717) is 17.9 Å². The lowest BCUT2D eigenvalue weighted by molar-refractivity contribution is 0.0287. The van der Waals surface area contributed by atoms with Gasteiger partial charge in [-0.2, -0.15) is 0 Å². The summed E-state index contributed by atoms with van der Waals surface area (Å²) < 4.78 is 2.32. The topological polar surface area (TPSA) is 38.0 Å². The second kappa shape index (κ2) is 5.28. The maximum absolute atomic E-state index is 10.1. The number of aliphatic hydroxyl groups excluding tert-OH is 1. The zero-order valence-corrected chi connectivity index (χ0v) is 12.9. The first-order chi connectivity index (χ1) is 8.80. The molecule has 1 aromatic rings. The van der Waals surface area contributed by atoms with Gasteiger partial charge in [-0.15, -0.1) is 0 Å². The Morgan fingerprint density at radius 1 is 1.32 bits per heavy atom. The molecule has 1 aliphatic carbocycles. The van der Waals surface area contributed by atoms with E-state index < -0.39 is 0 Å². The summed E-state index contributed by atoms with van der Waals surface area (Å²) in [5, 5.41) is 10.1. The van der Waals surface area contributed by atoms with Gasteiger partial charge in [0.15, 0.2) is 0 Å². The van der Waals surface area contributed by atoms with Crippen LogP contribution in [0.25, 0.3) is 0 Å². The van der Waals surface area contributed by atoms with Crippen LogP contribution in [0.1, 0.15) is 71.7 Å². The van der Waals surface area contributed by atoms with E-state index in [4.69, 9.17) is 0 Å². The molecule has 0 aliphatic heterocycles. The molecule has 2 rings (SSSR count).